The molecule has 1 aromatic heterocycles. The number of carbonyl (C=O) groups excluding carboxylic acids is 2. The van der Waals surface area contributed by atoms with E-state index in [9.17, 15) is 14.7 Å². The number of anilines is 1. The van der Waals surface area contributed by atoms with Gasteiger partial charge in [0.05, 0.1) is 11.6 Å². The highest BCUT2D eigenvalue weighted by Crippen LogP contribution is 2.43. The molecule has 5 nitrogen and oxygen atoms in total. The average molecular weight is 420 g/mol. The lowest BCUT2D eigenvalue weighted by molar-refractivity contribution is -0.132. The molecule has 0 bridgehead atoms. The third kappa shape index (κ3) is 3.06. The Morgan fingerprint density at radius 3 is 2.44 bits per heavy atom. The van der Waals surface area contributed by atoms with Gasteiger partial charge in [-0.25, -0.2) is 0 Å². The molecular formula is C27H20N2O3. The van der Waals surface area contributed by atoms with Crippen molar-refractivity contribution in [3.05, 3.63) is 114 Å². The van der Waals surface area contributed by atoms with Crippen molar-refractivity contribution in [2.45, 2.75) is 13.0 Å². The van der Waals surface area contributed by atoms with Gasteiger partial charge >= 0.3 is 0 Å². The molecule has 0 spiro atoms. The number of hydrogen-bond acceptors (Lipinski definition) is 4. The Balaban J connectivity index is 1.79. The van der Waals surface area contributed by atoms with Gasteiger partial charge < -0.3 is 5.11 Å². The van der Waals surface area contributed by atoms with E-state index in [1.54, 1.807) is 24.5 Å². The number of carbonyl (C=O) groups is 2. The number of para-hydroxylation sites is 1. The number of aryl methyl sites for hydroxylation is 1. The Kier molecular flexibility index (Phi) is 4.79. The van der Waals surface area contributed by atoms with Crippen LogP contribution in [0.2, 0.25) is 0 Å². The number of fused-ring (bicyclic) bond motifs is 1. The molecule has 3 aromatic carbocycles. The quantitative estimate of drug-likeness (QED) is 0.282. The van der Waals surface area contributed by atoms with E-state index in [0.717, 1.165) is 16.3 Å². The van der Waals surface area contributed by atoms with Gasteiger partial charge in [0.25, 0.3) is 11.7 Å². The van der Waals surface area contributed by atoms with Crippen LogP contribution >= 0.6 is 0 Å². The lowest BCUT2D eigenvalue weighted by atomic mass is 9.94. The number of nitrogens with zero attached hydrogens (tertiary/aromatic N) is 2. The number of pyridine rings is 1. The maximum absolute atomic E-state index is 13.3. The van der Waals surface area contributed by atoms with Crippen LogP contribution in [-0.2, 0) is 9.59 Å². The number of aromatic nitrogens is 1. The third-order valence-electron chi connectivity index (χ3n) is 5.86. The van der Waals surface area contributed by atoms with Crippen molar-refractivity contribution in [3.8, 4) is 0 Å². The average Bonchev–Trinajstić information content (AvgIpc) is 3.09. The van der Waals surface area contributed by atoms with E-state index < -0.39 is 17.7 Å². The topological polar surface area (TPSA) is 70.5 Å². The van der Waals surface area contributed by atoms with Crippen LogP contribution in [0.4, 0.5) is 5.69 Å². The van der Waals surface area contributed by atoms with Crippen LogP contribution < -0.4 is 4.90 Å². The predicted octanol–water partition coefficient (Wildman–Crippen LogP) is 5.17. The molecule has 1 N–H and O–H groups in total. The van der Waals surface area contributed by atoms with E-state index in [-0.39, 0.29) is 11.3 Å². The summed E-state index contributed by atoms with van der Waals surface area (Å²) in [5, 5.41) is 13.2. The lowest BCUT2D eigenvalue weighted by Gasteiger charge is -2.26. The van der Waals surface area contributed by atoms with Gasteiger partial charge in [-0.05, 0) is 41.0 Å². The predicted molar refractivity (Wildman–Crippen MR) is 124 cm³/mol. The number of Topliss-reactive ketones (excluding diaryl/α,β-unsaturated/α-hetero) is 1. The summed E-state index contributed by atoms with van der Waals surface area (Å²) in [6, 6.07) is 23.3. The van der Waals surface area contributed by atoms with Crippen molar-refractivity contribution >= 4 is 33.9 Å². The van der Waals surface area contributed by atoms with Gasteiger partial charge in [0, 0.05) is 23.6 Å². The van der Waals surface area contributed by atoms with Gasteiger partial charge in [-0.1, -0.05) is 66.7 Å². The van der Waals surface area contributed by atoms with E-state index >= 15 is 0 Å². The van der Waals surface area contributed by atoms with Gasteiger partial charge in [0.2, 0.25) is 0 Å². The summed E-state index contributed by atoms with van der Waals surface area (Å²) in [5.74, 6) is -1.58. The molecule has 1 aliphatic rings. The standard InChI is InChI=1S/C27H20N2O3/c1-17-8-2-5-14-22(17)29-24(19-11-7-15-28-16-19)23(26(31)27(29)32)25(30)21-13-6-10-18-9-3-4-12-20(18)21/h2-16,24,30H,1H3/b25-23-. The van der Waals surface area contributed by atoms with Crippen molar-refractivity contribution in [3.63, 3.8) is 0 Å². The van der Waals surface area contributed by atoms with Crippen LogP contribution in [0.15, 0.2) is 96.8 Å². The van der Waals surface area contributed by atoms with Gasteiger partial charge in [-0.2, -0.15) is 0 Å². The largest absolute Gasteiger partial charge is 0.507 e. The van der Waals surface area contributed by atoms with Crippen molar-refractivity contribution in [2.24, 2.45) is 0 Å². The minimum atomic E-state index is -0.788. The molecule has 5 rings (SSSR count). The van der Waals surface area contributed by atoms with Gasteiger partial charge in [0.15, 0.2) is 0 Å². The Labute approximate surface area is 185 Å². The Hall–Kier alpha value is -4.25. The summed E-state index contributed by atoms with van der Waals surface area (Å²) < 4.78 is 0. The fourth-order valence-electron chi connectivity index (χ4n) is 4.34. The van der Waals surface area contributed by atoms with Crippen LogP contribution in [-0.4, -0.2) is 21.8 Å². The number of aliphatic hydroxyl groups is 1. The minimum absolute atomic E-state index is 0.0580. The SMILES string of the molecule is Cc1ccccc1N1C(=O)C(=O)/C(=C(\O)c2cccc3ccccc23)C1c1cccnc1. The second-order valence-electron chi connectivity index (χ2n) is 7.77. The van der Waals surface area contributed by atoms with Crippen molar-refractivity contribution in [1.29, 1.82) is 0 Å². The summed E-state index contributed by atoms with van der Waals surface area (Å²) in [4.78, 5) is 32.2. The maximum atomic E-state index is 13.3. The van der Waals surface area contributed by atoms with Crippen LogP contribution in [0, 0.1) is 6.92 Å². The second kappa shape index (κ2) is 7.78. The molecule has 1 atom stereocenters. The highest BCUT2D eigenvalue weighted by Gasteiger charge is 2.47. The molecule has 1 amide bonds. The Bertz CT molecular complexity index is 1390. The summed E-state index contributed by atoms with van der Waals surface area (Å²) in [5.41, 5.74) is 2.70. The first-order valence-corrected chi connectivity index (χ1v) is 10.3. The highest BCUT2D eigenvalue weighted by molar-refractivity contribution is 6.52. The summed E-state index contributed by atoms with van der Waals surface area (Å²) in [7, 11) is 0. The van der Waals surface area contributed by atoms with Crippen molar-refractivity contribution < 1.29 is 14.7 Å². The van der Waals surface area contributed by atoms with E-state index in [0.29, 0.717) is 16.8 Å². The number of hydrogen-bond donors (Lipinski definition) is 1. The molecule has 0 aliphatic carbocycles. The summed E-state index contributed by atoms with van der Waals surface area (Å²) >= 11 is 0. The van der Waals surface area contributed by atoms with Gasteiger partial charge in [0.1, 0.15) is 5.76 Å². The smallest absolute Gasteiger partial charge is 0.300 e. The third-order valence-corrected chi connectivity index (χ3v) is 5.86. The van der Waals surface area contributed by atoms with Crippen LogP contribution in [0.25, 0.3) is 16.5 Å². The molecule has 32 heavy (non-hydrogen) atoms. The van der Waals surface area contributed by atoms with Gasteiger partial charge in [-0.3, -0.25) is 19.5 Å². The lowest BCUT2D eigenvalue weighted by Crippen LogP contribution is -2.30. The first-order chi connectivity index (χ1) is 15.6. The molecule has 0 radical (unpaired) electrons. The molecule has 5 heteroatoms. The fraction of sp³-hybridized carbons (Fsp3) is 0.0741. The zero-order valence-electron chi connectivity index (χ0n) is 17.4. The summed E-state index contributed by atoms with van der Waals surface area (Å²) in [6.07, 6.45) is 3.26. The summed E-state index contributed by atoms with van der Waals surface area (Å²) in [6.45, 7) is 1.89. The fourth-order valence-corrected chi connectivity index (χ4v) is 4.34. The van der Waals surface area contributed by atoms with Crippen LogP contribution in [0.3, 0.4) is 0 Å². The van der Waals surface area contributed by atoms with E-state index in [1.807, 2.05) is 73.7 Å². The van der Waals surface area contributed by atoms with Crippen molar-refractivity contribution in [2.75, 3.05) is 4.90 Å². The molecule has 156 valence electrons. The molecule has 4 aromatic rings. The molecule has 0 saturated carbocycles. The van der Waals surface area contributed by atoms with E-state index in [1.165, 1.54) is 4.90 Å². The maximum Gasteiger partial charge on any atom is 0.300 e. The van der Waals surface area contributed by atoms with Crippen LogP contribution in [0.5, 0.6) is 0 Å². The molecular weight excluding hydrogens is 400 g/mol. The normalized spacial score (nSPS) is 17.8. The number of rotatable bonds is 3. The van der Waals surface area contributed by atoms with E-state index in [2.05, 4.69) is 4.98 Å². The first-order valence-electron chi connectivity index (χ1n) is 10.3. The molecule has 2 heterocycles. The monoisotopic (exact) mass is 420 g/mol. The highest BCUT2D eigenvalue weighted by atomic mass is 16.3. The zero-order valence-corrected chi connectivity index (χ0v) is 17.4. The Morgan fingerprint density at radius 2 is 1.66 bits per heavy atom. The molecule has 1 unspecified atom stereocenters. The minimum Gasteiger partial charge on any atom is -0.507 e. The van der Waals surface area contributed by atoms with Crippen LogP contribution in [0.1, 0.15) is 22.7 Å². The second-order valence-corrected chi connectivity index (χ2v) is 7.77. The molecule has 1 aliphatic heterocycles. The molecule has 1 saturated heterocycles. The van der Waals surface area contributed by atoms with Gasteiger partial charge in [-0.15, -0.1) is 0 Å². The first kappa shape index (κ1) is 19.7. The molecule has 1 fully saturated rings. The number of ketones is 1. The van der Waals surface area contributed by atoms with Crippen molar-refractivity contribution in [1.82, 2.24) is 4.98 Å². The number of amides is 1. The zero-order chi connectivity index (χ0) is 22.2. The number of benzene rings is 3. The van der Waals surface area contributed by atoms with E-state index in [4.69, 9.17) is 0 Å². The Morgan fingerprint density at radius 1 is 0.906 bits per heavy atom. The number of aliphatic hydroxyl groups excluding tert-OH is 1.